The average Bonchev–Trinajstić information content (AvgIpc) is 3.05. The molecule has 2 aromatic rings. The van der Waals surface area contributed by atoms with Crippen molar-refractivity contribution in [3.05, 3.63) is 41.2 Å². The number of H-pyrrole nitrogens is 1. The summed E-state index contributed by atoms with van der Waals surface area (Å²) in [6.07, 6.45) is 4.60. The van der Waals surface area contributed by atoms with E-state index in [9.17, 15) is 14.9 Å². The molecule has 1 saturated heterocycles. The summed E-state index contributed by atoms with van der Waals surface area (Å²) in [6.45, 7) is 2.21. The van der Waals surface area contributed by atoms with Gasteiger partial charge in [-0.2, -0.15) is 5.10 Å². The van der Waals surface area contributed by atoms with E-state index >= 15 is 0 Å². The number of carboxylic acids is 1. The standard InChI is InChI=1S/C16H18BN3O5/c21-16(22)14-13(2-1-11-3-4-17(23)25-15(11)14)24-12-8-20(9-12)7-10-5-18-19-6-10/h1-2,5-6,12,23H,3-4,7-9H2,(H,18,19)(H,21,22). The number of likely N-dealkylation sites (tertiary alicyclic amines) is 1. The third-order valence-electron chi connectivity index (χ3n) is 4.51. The van der Waals surface area contributed by atoms with Gasteiger partial charge in [0.2, 0.25) is 0 Å². The van der Waals surface area contributed by atoms with E-state index in [0.717, 1.165) is 17.7 Å². The quantitative estimate of drug-likeness (QED) is 0.689. The molecule has 8 nitrogen and oxygen atoms in total. The molecule has 0 saturated carbocycles. The number of aromatic nitrogens is 2. The Kier molecular flexibility index (Phi) is 4.10. The number of hydrogen-bond donors (Lipinski definition) is 3. The number of nitrogens with zero attached hydrogens (tertiary/aromatic N) is 2. The third-order valence-corrected chi connectivity index (χ3v) is 4.51. The second-order valence-corrected chi connectivity index (χ2v) is 6.38. The van der Waals surface area contributed by atoms with Crippen LogP contribution in [0.5, 0.6) is 11.5 Å². The van der Waals surface area contributed by atoms with Crippen LogP contribution >= 0.6 is 0 Å². The Hall–Kier alpha value is -2.52. The van der Waals surface area contributed by atoms with Crippen LogP contribution in [0, 0.1) is 0 Å². The Bertz CT molecular complexity index is 776. The molecule has 0 aliphatic carbocycles. The lowest BCUT2D eigenvalue weighted by molar-refractivity contribution is 0.0135. The minimum Gasteiger partial charge on any atom is -0.535 e. The number of fused-ring (bicyclic) bond motifs is 1. The molecule has 1 fully saturated rings. The van der Waals surface area contributed by atoms with Crippen LogP contribution in [0.4, 0.5) is 0 Å². The van der Waals surface area contributed by atoms with Gasteiger partial charge in [-0.3, -0.25) is 10.00 Å². The molecule has 0 atom stereocenters. The van der Waals surface area contributed by atoms with Gasteiger partial charge in [0.05, 0.1) is 6.20 Å². The summed E-state index contributed by atoms with van der Waals surface area (Å²) < 4.78 is 11.2. The van der Waals surface area contributed by atoms with E-state index in [4.69, 9.17) is 9.39 Å². The fourth-order valence-corrected chi connectivity index (χ4v) is 3.24. The summed E-state index contributed by atoms with van der Waals surface area (Å²) in [5, 5.41) is 25.9. The number of carbonyl (C=O) groups is 1. The molecule has 25 heavy (non-hydrogen) atoms. The molecule has 2 aliphatic heterocycles. The zero-order valence-electron chi connectivity index (χ0n) is 13.5. The van der Waals surface area contributed by atoms with E-state index < -0.39 is 13.1 Å². The van der Waals surface area contributed by atoms with E-state index in [-0.39, 0.29) is 23.2 Å². The van der Waals surface area contributed by atoms with Gasteiger partial charge in [-0.1, -0.05) is 6.07 Å². The highest BCUT2D eigenvalue weighted by atomic mass is 16.5. The normalized spacial score (nSPS) is 17.6. The number of ether oxygens (including phenoxy) is 1. The van der Waals surface area contributed by atoms with E-state index in [1.165, 1.54) is 0 Å². The number of rotatable bonds is 5. The van der Waals surface area contributed by atoms with Gasteiger partial charge < -0.3 is 19.5 Å². The second kappa shape index (κ2) is 6.42. The van der Waals surface area contributed by atoms with Gasteiger partial charge in [-0.05, 0) is 24.4 Å². The van der Waals surface area contributed by atoms with E-state index in [1.54, 1.807) is 12.3 Å². The monoisotopic (exact) mass is 343 g/mol. The summed E-state index contributed by atoms with van der Waals surface area (Å²) in [7, 11) is -0.977. The van der Waals surface area contributed by atoms with Crippen LogP contribution in [0.1, 0.15) is 21.5 Å². The molecule has 2 aliphatic rings. The van der Waals surface area contributed by atoms with Crippen LogP contribution in [-0.4, -0.2) is 57.5 Å². The first kappa shape index (κ1) is 16.0. The molecule has 0 unspecified atom stereocenters. The average molecular weight is 343 g/mol. The van der Waals surface area contributed by atoms with Crippen molar-refractivity contribution < 1.29 is 24.3 Å². The third kappa shape index (κ3) is 3.20. The highest BCUT2D eigenvalue weighted by Gasteiger charge is 2.33. The highest BCUT2D eigenvalue weighted by Crippen LogP contribution is 2.37. The van der Waals surface area contributed by atoms with Crippen LogP contribution in [-0.2, 0) is 13.0 Å². The van der Waals surface area contributed by atoms with Gasteiger partial charge in [-0.25, -0.2) is 4.79 Å². The second-order valence-electron chi connectivity index (χ2n) is 6.38. The summed E-state index contributed by atoms with van der Waals surface area (Å²) in [6, 6.07) is 3.49. The topological polar surface area (TPSA) is 108 Å². The van der Waals surface area contributed by atoms with Crippen molar-refractivity contribution in [3.63, 3.8) is 0 Å². The van der Waals surface area contributed by atoms with Gasteiger partial charge in [0, 0.05) is 31.4 Å². The van der Waals surface area contributed by atoms with Crippen molar-refractivity contribution >= 4 is 13.1 Å². The molecule has 0 amide bonds. The Labute approximate surface area is 144 Å². The van der Waals surface area contributed by atoms with Crippen molar-refractivity contribution in [2.24, 2.45) is 0 Å². The first-order valence-electron chi connectivity index (χ1n) is 8.20. The largest absolute Gasteiger partial charge is 0.535 e. The number of benzene rings is 1. The number of hydrogen-bond acceptors (Lipinski definition) is 6. The van der Waals surface area contributed by atoms with Crippen LogP contribution in [0.25, 0.3) is 0 Å². The Morgan fingerprint density at radius 2 is 2.32 bits per heavy atom. The van der Waals surface area contributed by atoms with Gasteiger partial charge in [-0.15, -0.1) is 0 Å². The smallest absolute Gasteiger partial charge is 0.522 e. The molecule has 3 N–H and O–H groups in total. The zero-order chi connectivity index (χ0) is 17.4. The van der Waals surface area contributed by atoms with Crippen LogP contribution in [0.2, 0.25) is 6.32 Å². The molecule has 0 spiro atoms. The molecule has 0 radical (unpaired) electrons. The molecule has 130 valence electrons. The Balaban J connectivity index is 1.46. The maximum atomic E-state index is 11.7. The van der Waals surface area contributed by atoms with E-state index in [2.05, 4.69) is 15.1 Å². The van der Waals surface area contributed by atoms with Crippen LogP contribution in [0.15, 0.2) is 24.5 Å². The van der Waals surface area contributed by atoms with Crippen molar-refractivity contribution in [2.75, 3.05) is 13.1 Å². The lowest BCUT2D eigenvalue weighted by Crippen LogP contribution is -2.53. The Morgan fingerprint density at radius 3 is 3.04 bits per heavy atom. The molecule has 9 heteroatoms. The first-order chi connectivity index (χ1) is 12.1. The van der Waals surface area contributed by atoms with E-state index in [0.29, 0.717) is 25.8 Å². The molecular formula is C16H18BN3O5. The summed E-state index contributed by atoms with van der Waals surface area (Å²) in [4.78, 5) is 13.9. The van der Waals surface area contributed by atoms with Crippen molar-refractivity contribution in [1.29, 1.82) is 0 Å². The highest BCUT2D eigenvalue weighted by molar-refractivity contribution is 6.44. The number of carboxylic acid groups (broad SMARTS) is 1. The van der Waals surface area contributed by atoms with Crippen molar-refractivity contribution in [3.8, 4) is 11.5 Å². The minimum atomic E-state index is -1.12. The summed E-state index contributed by atoms with van der Waals surface area (Å²) >= 11 is 0. The maximum Gasteiger partial charge on any atom is 0.522 e. The minimum absolute atomic E-state index is 0.00969. The van der Waals surface area contributed by atoms with Crippen LogP contribution < -0.4 is 9.39 Å². The fraction of sp³-hybridized carbons (Fsp3) is 0.375. The number of nitrogens with one attached hydrogen (secondary N) is 1. The molecule has 1 aromatic carbocycles. The zero-order valence-corrected chi connectivity index (χ0v) is 13.5. The summed E-state index contributed by atoms with van der Waals surface area (Å²) in [5.41, 5.74) is 1.87. The number of aryl methyl sites for hydroxylation is 1. The summed E-state index contributed by atoms with van der Waals surface area (Å²) in [5.74, 6) is -0.609. The van der Waals surface area contributed by atoms with Gasteiger partial charge in [0.15, 0.2) is 0 Å². The lowest BCUT2D eigenvalue weighted by Gasteiger charge is -2.39. The molecular weight excluding hydrogens is 325 g/mol. The van der Waals surface area contributed by atoms with Gasteiger partial charge >= 0.3 is 13.1 Å². The molecule has 4 rings (SSSR count). The fourth-order valence-electron chi connectivity index (χ4n) is 3.24. The lowest BCUT2D eigenvalue weighted by atomic mass is 9.78. The number of aromatic amines is 1. The van der Waals surface area contributed by atoms with E-state index in [1.807, 2.05) is 12.3 Å². The van der Waals surface area contributed by atoms with Crippen molar-refractivity contribution in [1.82, 2.24) is 15.1 Å². The first-order valence-corrected chi connectivity index (χ1v) is 8.20. The predicted molar refractivity (Wildman–Crippen MR) is 88.8 cm³/mol. The van der Waals surface area contributed by atoms with Crippen LogP contribution in [0.3, 0.4) is 0 Å². The predicted octanol–water partition coefficient (Wildman–Crippen LogP) is 0.786. The van der Waals surface area contributed by atoms with Gasteiger partial charge in [0.1, 0.15) is 23.2 Å². The maximum absolute atomic E-state index is 11.7. The van der Waals surface area contributed by atoms with Gasteiger partial charge in [0.25, 0.3) is 0 Å². The molecule has 1 aromatic heterocycles. The SMILES string of the molecule is O=C(O)c1c(OC2CN(Cc3cn[nH]c3)C2)ccc2c1OB(O)CC2. The Morgan fingerprint density at radius 1 is 1.48 bits per heavy atom. The molecule has 3 heterocycles. The number of aromatic carboxylic acids is 1. The molecule has 0 bridgehead atoms. The van der Waals surface area contributed by atoms with Crippen molar-refractivity contribution in [2.45, 2.75) is 25.4 Å².